The van der Waals surface area contributed by atoms with Gasteiger partial charge in [-0.15, -0.1) is 23.5 Å². The van der Waals surface area contributed by atoms with Gasteiger partial charge in [-0.2, -0.15) is 0 Å². The molecule has 1 aliphatic heterocycles. The molecule has 0 radical (unpaired) electrons. The van der Waals surface area contributed by atoms with E-state index in [-0.39, 0.29) is 0 Å². The second-order valence-electron chi connectivity index (χ2n) is 9.46. The Balaban J connectivity index is 1.62. The summed E-state index contributed by atoms with van der Waals surface area (Å²) in [5, 5.41) is 0. The molecule has 0 bridgehead atoms. The second-order valence-corrected chi connectivity index (χ2v) is 15.2. The van der Waals surface area contributed by atoms with Crippen molar-refractivity contribution in [1.82, 2.24) is 0 Å². The molecule has 186 valence electrons. The van der Waals surface area contributed by atoms with Crippen molar-refractivity contribution in [3.8, 4) is 22.3 Å². The van der Waals surface area contributed by atoms with E-state index in [1.165, 1.54) is 44.5 Å². The predicted octanol–water partition coefficient (Wildman–Crippen LogP) is 8.86. The highest BCUT2D eigenvalue weighted by molar-refractivity contribution is 8.27. The summed E-state index contributed by atoms with van der Waals surface area (Å²) in [6.45, 7) is 4.47. The SMILES string of the molecule is CCOP(=O)(OCC)C1SC2(c3ccccc3-c3ccccc32)C2(S1)c1ccccc1-c1ccccc12. The van der Waals surface area contributed by atoms with Crippen LogP contribution in [0, 0.1) is 0 Å². The summed E-state index contributed by atoms with van der Waals surface area (Å²) >= 11 is 3.53. The Morgan fingerprint density at radius 2 is 0.892 bits per heavy atom. The molecule has 0 atom stereocenters. The molecule has 4 aromatic carbocycles. The van der Waals surface area contributed by atoms with Gasteiger partial charge in [0.05, 0.1) is 22.7 Å². The molecule has 0 N–H and O–H groups in total. The zero-order valence-corrected chi connectivity index (χ0v) is 23.2. The molecule has 1 saturated heterocycles. The summed E-state index contributed by atoms with van der Waals surface area (Å²) in [5.74, 6) is 0. The molecule has 0 saturated carbocycles. The average Bonchev–Trinajstić information content (AvgIpc) is 3.55. The van der Waals surface area contributed by atoms with Gasteiger partial charge in [-0.1, -0.05) is 97.1 Å². The standard InChI is InChI=1S/C31H27O3PS2/c1-3-33-35(32,34-4-2)29-36-30(25-17-9-5-13-21(25)22-14-6-10-18-26(22)30)31(37-29)27-19-11-7-15-23(27)24-16-8-12-20-28(24)31/h5-20,29H,3-4H2,1-2H3. The molecule has 0 amide bonds. The monoisotopic (exact) mass is 542 g/mol. The van der Waals surface area contributed by atoms with Crippen LogP contribution in [0.3, 0.4) is 0 Å². The van der Waals surface area contributed by atoms with E-state index in [2.05, 4.69) is 97.1 Å². The van der Waals surface area contributed by atoms with Crippen molar-refractivity contribution in [1.29, 1.82) is 0 Å². The Morgan fingerprint density at radius 3 is 1.19 bits per heavy atom. The highest BCUT2D eigenvalue weighted by Gasteiger charge is 2.71. The second kappa shape index (κ2) is 8.62. The molecular formula is C31H27O3PS2. The number of hydrogen-bond donors (Lipinski definition) is 0. The minimum absolute atomic E-state index is 0.343. The van der Waals surface area contributed by atoms with Crippen LogP contribution in [0.1, 0.15) is 36.1 Å². The lowest BCUT2D eigenvalue weighted by Gasteiger charge is -2.42. The zero-order chi connectivity index (χ0) is 25.3. The first kappa shape index (κ1) is 23.8. The van der Waals surface area contributed by atoms with Crippen LogP contribution in [0.15, 0.2) is 97.1 Å². The molecule has 0 unspecified atom stereocenters. The van der Waals surface area contributed by atoms with E-state index < -0.39 is 21.4 Å². The molecule has 7 rings (SSSR count). The summed E-state index contributed by atoms with van der Waals surface area (Å²) in [6, 6.07) is 35.0. The fourth-order valence-electron chi connectivity index (χ4n) is 6.54. The normalized spacial score (nSPS) is 18.1. The molecule has 2 aliphatic carbocycles. The molecule has 37 heavy (non-hydrogen) atoms. The summed E-state index contributed by atoms with van der Waals surface area (Å²) in [7, 11) is -3.45. The van der Waals surface area contributed by atoms with Crippen molar-refractivity contribution < 1.29 is 13.6 Å². The van der Waals surface area contributed by atoms with Crippen LogP contribution in [0.25, 0.3) is 22.3 Å². The number of fused-ring (bicyclic) bond motifs is 11. The van der Waals surface area contributed by atoms with Crippen LogP contribution in [-0.4, -0.2) is 17.5 Å². The highest BCUT2D eigenvalue weighted by Crippen LogP contribution is 2.84. The van der Waals surface area contributed by atoms with Crippen LogP contribution in [0.2, 0.25) is 0 Å². The lowest BCUT2D eigenvalue weighted by atomic mass is 9.76. The minimum Gasteiger partial charge on any atom is -0.308 e. The maximum Gasteiger partial charge on any atom is 0.353 e. The molecule has 3 aliphatic rings. The Kier molecular flexibility index (Phi) is 5.55. The van der Waals surface area contributed by atoms with E-state index in [1.54, 1.807) is 23.5 Å². The topological polar surface area (TPSA) is 35.5 Å². The maximum atomic E-state index is 14.5. The predicted molar refractivity (Wildman–Crippen MR) is 155 cm³/mol. The van der Waals surface area contributed by atoms with E-state index in [0.29, 0.717) is 13.2 Å². The molecule has 1 fully saturated rings. The molecule has 0 aromatic heterocycles. The van der Waals surface area contributed by atoms with E-state index in [4.69, 9.17) is 9.05 Å². The quantitative estimate of drug-likeness (QED) is 0.235. The third kappa shape index (κ3) is 2.98. The van der Waals surface area contributed by atoms with Gasteiger partial charge in [-0.3, -0.25) is 4.57 Å². The van der Waals surface area contributed by atoms with Gasteiger partial charge in [0.15, 0.2) is 4.32 Å². The van der Waals surface area contributed by atoms with Crippen LogP contribution in [0.5, 0.6) is 0 Å². The molecule has 6 heteroatoms. The summed E-state index contributed by atoms with van der Waals surface area (Å²) in [5.41, 5.74) is 10.0. The molecule has 2 spiro atoms. The molecule has 4 aromatic rings. The first-order valence-corrected chi connectivity index (χ1v) is 16.1. The van der Waals surface area contributed by atoms with Gasteiger partial charge in [-0.25, -0.2) is 0 Å². The zero-order valence-electron chi connectivity index (χ0n) is 20.7. The number of benzene rings is 4. The van der Waals surface area contributed by atoms with E-state index >= 15 is 0 Å². The van der Waals surface area contributed by atoms with E-state index in [0.717, 1.165) is 0 Å². The van der Waals surface area contributed by atoms with Crippen molar-refractivity contribution >= 4 is 31.1 Å². The smallest absolute Gasteiger partial charge is 0.308 e. The summed E-state index contributed by atoms with van der Waals surface area (Å²) in [6.07, 6.45) is 0. The third-order valence-electron chi connectivity index (χ3n) is 7.73. The minimum atomic E-state index is -3.45. The fourth-order valence-corrected chi connectivity index (χ4v) is 14.2. The van der Waals surface area contributed by atoms with Crippen LogP contribution < -0.4 is 0 Å². The molecule has 3 nitrogen and oxygen atoms in total. The average molecular weight is 543 g/mol. The van der Waals surface area contributed by atoms with Crippen molar-refractivity contribution in [2.75, 3.05) is 13.2 Å². The first-order chi connectivity index (χ1) is 18.1. The van der Waals surface area contributed by atoms with Crippen LogP contribution >= 0.6 is 31.1 Å². The van der Waals surface area contributed by atoms with Crippen molar-refractivity contribution in [3.05, 3.63) is 119 Å². The summed E-state index contributed by atoms with van der Waals surface area (Å²) < 4.78 is 25.0. The third-order valence-corrected chi connectivity index (χ3v) is 15.0. The largest absolute Gasteiger partial charge is 0.353 e. The maximum absolute atomic E-state index is 14.5. The van der Waals surface area contributed by atoms with Gasteiger partial charge in [-0.05, 0) is 58.4 Å². The Hall–Kier alpha value is -2.27. The Labute approximate surface area is 226 Å². The first-order valence-electron chi connectivity index (χ1n) is 12.7. The Morgan fingerprint density at radius 1 is 0.595 bits per heavy atom. The van der Waals surface area contributed by atoms with Gasteiger partial charge in [0.2, 0.25) is 0 Å². The molecular weight excluding hydrogens is 515 g/mol. The van der Waals surface area contributed by atoms with E-state index in [1.807, 2.05) is 13.8 Å². The van der Waals surface area contributed by atoms with Gasteiger partial charge in [0.1, 0.15) is 0 Å². The van der Waals surface area contributed by atoms with Crippen LogP contribution in [0.4, 0.5) is 0 Å². The van der Waals surface area contributed by atoms with Gasteiger partial charge >= 0.3 is 7.60 Å². The van der Waals surface area contributed by atoms with Crippen molar-refractivity contribution in [2.45, 2.75) is 27.7 Å². The molecule has 1 heterocycles. The number of rotatable bonds is 5. The van der Waals surface area contributed by atoms with Crippen LogP contribution in [-0.2, 0) is 23.1 Å². The Bertz CT molecular complexity index is 1380. The fraction of sp³-hybridized carbons (Fsp3) is 0.226. The van der Waals surface area contributed by atoms with Crippen molar-refractivity contribution in [2.24, 2.45) is 0 Å². The van der Waals surface area contributed by atoms with Crippen molar-refractivity contribution in [3.63, 3.8) is 0 Å². The van der Waals surface area contributed by atoms with Gasteiger partial charge in [0, 0.05) is 0 Å². The lowest BCUT2D eigenvalue weighted by molar-refractivity contribution is 0.222. The lowest BCUT2D eigenvalue weighted by Crippen LogP contribution is -2.40. The highest BCUT2D eigenvalue weighted by atomic mass is 32.2. The van der Waals surface area contributed by atoms with Gasteiger partial charge < -0.3 is 9.05 Å². The number of thioether (sulfide) groups is 2. The van der Waals surface area contributed by atoms with Gasteiger partial charge in [0.25, 0.3) is 0 Å². The van der Waals surface area contributed by atoms with E-state index in [9.17, 15) is 4.57 Å². The summed E-state index contributed by atoms with van der Waals surface area (Å²) in [4.78, 5) is 0. The number of hydrogen-bond acceptors (Lipinski definition) is 5.